The first-order chi connectivity index (χ1) is 13.3. The van der Waals surface area contributed by atoms with E-state index in [1.807, 2.05) is 16.6 Å². The standard InChI is InChI=1S/C19H26N6O2/c26-19(20-15-7-10-27-11-8-15)14-2-1-9-24(12-14)17-6-5-16-21-22-18(13-3-4-13)25(16)23-17/h5-6,13-15H,1-4,7-12H2,(H,20,26). The molecule has 8 heteroatoms. The zero-order valence-corrected chi connectivity index (χ0v) is 15.5. The number of ether oxygens (including phenoxy) is 1. The van der Waals surface area contributed by atoms with Crippen molar-refractivity contribution < 1.29 is 9.53 Å². The average Bonchev–Trinajstić information content (AvgIpc) is 3.47. The Kier molecular flexibility index (Phi) is 4.43. The van der Waals surface area contributed by atoms with Gasteiger partial charge >= 0.3 is 0 Å². The van der Waals surface area contributed by atoms with Crippen molar-refractivity contribution in [1.82, 2.24) is 25.1 Å². The molecule has 2 aromatic rings. The van der Waals surface area contributed by atoms with E-state index in [4.69, 9.17) is 9.84 Å². The first kappa shape index (κ1) is 16.9. The summed E-state index contributed by atoms with van der Waals surface area (Å²) in [5.41, 5.74) is 0.798. The maximum atomic E-state index is 12.7. The summed E-state index contributed by atoms with van der Waals surface area (Å²) >= 11 is 0. The highest BCUT2D eigenvalue weighted by molar-refractivity contribution is 5.79. The molecule has 3 fully saturated rings. The van der Waals surface area contributed by atoms with Gasteiger partial charge < -0.3 is 15.0 Å². The van der Waals surface area contributed by atoms with Crippen molar-refractivity contribution in [2.24, 2.45) is 5.92 Å². The summed E-state index contributed by atoms with van der Waals surface area (Å²) in [4.78, 5) is 15.0. The van der Waals surface area contributed by atoms with Crippen LogP contribution in [0.25, 0.3) is 5.65 Å². The Balaban J connectivity index is 1.29. The zero-order valence-electron chi connectivity index (χ0n) is 15.5. The monoisotopic (exact) mass is 370 g/mol. The van der Waals surface area contributed by atoms with Crippen LogP contribution in [0.1, 0.15) is 50.3 Å². The van der Waals surface area contributed by atoms with Gasteiger partial charge in [0.25, 0.3) is 0 Å². The molecule has 2 aliphatic heterocycles. The highest BCUT2D eigenvalue weighted by atomic mass is 16.5. The molecule has 1 N–H and O–H groups in total. The van der Waals surface area contributed by atoms with Gasteiger partial charge in [-0.3, -0.25) is 4.79 Å². The molecule has 1 unspecified atom stereocenters. The summed E-state index contributed by atoms with van der Waals surface area (Å²) in [6.45, 7) is 3.14. The lowest BCUT2D eigenvalue weighted by Crippen LogP contribution is -2.47. The van der Waals surface area contributed by atoms with Gasteiger partial charge in [-0.2, -0.15) is 4.52 Å². The van der Waals surface area contributed by atoms with Crippen molar-refractivity contribution in [2.75, 3.05) is 31.2 Å². The molecule has 4 heterocycles. The predicted molar refractivity (Wildman–Crippen MR) is 99.7 cm³/mol. The van der Waals surface area contributed by atoms with Crippen molar-refractivity contribution in [1.29, 1.82) is 0 Å². The number of nitrogens with one attached hydrogen (secondary N) is 1. The van der Waals surface area contributed by atoms with Gasteiger partial charge in [0.1, 0.15) is 5.82 Å². The second-order valence-electron chi connectivity index (χ2n) is 7.97. The van der Waals surface area contributed by atoms with Crippen LogP contribution in [0.4, 0.5) is 5.82 Å². The van der Waals surface area contributed by atoms with Gasteiger partial charge in [-0.1, -0.05) is 0 Å². The minimum Gasteiger partial charge on any atom is -0.381 e. The van der Waals surface area contributed by atoms with Gasteiger partial charge in [-0.25, -0.2) is 0 Å². The van der Waals surface area contributed by atoms with E-state index < -0.39 is 0 Å². The molecule has 1 saturated carbocycles. The van der Waals surface area contributed by atoms with Gasteiger partial charge in [0.2, 0.25) is 5.91 Å². The topological polar surface area (TPSA) is 84.6 Å². The number of rotatable bonds is 4. The first-order valence-electron chi connectivity index (χ1n) is 10.1. The Morgan fingerprint density at radius 1 is 1.11 bits per heavy atom. The molecule has 0 aromatic carbocycles. The Morgan fingerprint density at radius 2 is 1.96 bits per heavy atom. The van der Waals surface area contributed by atoms with Crippen LogP contribution in [0.15, 0.2) is 12.1 Å². The van der Waals surface area contributed by atoms with E-state index in [0.717, 1.165) is 62.7 Å². The maximum absolute atomic E-state index is 12.7. The van der Waals surface area contributed by atoms with Crippen LogP contribution < -0.4 is 10.2 Å². The average molecular weight is 370 g/mol. The maximum Gasteiger partial charge on any atom is 0.225 e. The van der Waals surface area contributed by atoms with E-state index in [2.05, 4.69) is 20.4 Å². The first-order valence-corrected chi connectivity index (χ1v) is 10.1. The van der Waals surface area contributed by atoms with E-state index in [1.54, 1.807) is 0 Å². The van der Waals surface area contributed by atoms with Crippen molar-refractivity contribution in [3.63, 3.8) is 0 Å². The molecule has 0 spiro atoms. The van der Waals surface area contributed by atoms with Crippen LogP contribution in [-0.2, 0) is 9.53 Å². The molecule has 8 nitrogen and oxygen atoms in total. The molecule has 3 aliphatic rings. The number of piperidine rings is 1. The Hall–Kier alpha value is -2.22. The number of carbonyl (C=O) groups is 1. The summed E-state index contributed by atoms with van der Waals surface area (Å²) in [6.07, 6.45) is 6.11. The number of carbonyl (C=O) groups excluding carboxylic acids is 1. The lowest BCUT2D eigenvalue weighted by Gasteiger charge is -2.34. The molecular weight excluding hydrogens is 344 g/mol. The summed E-state index contributed by atoms with van der Waals surface area (Å²) in [6, 6.07) is 4.24. The largest absolute Gasteiger partial charge is 0.381 e. The number of amides is 1. The Bertz CT molecular complexity index is 827. The van der Waals surface area contributed by atoms with E-state index in [0.29, 0.717) is 12.5 Å². The number of anilines is 1. The predicted octanol–water partition coefficient (Wildman–Crippen LogP) is 1.51. The molecule has 144 valence electrons. The fourth-order valence-electron chi connectivity index (χ4n) is 4.12. The Morgan fingerprint density at radius 3 is 2.78 bits per heavy atom. The molecule has 1 atom stereocenters. The van der Waals surface area contributed by atoms with Crippen LogP contribution in [0.2, 0.25) is 0 Å². The molecule has 0 bridgehead atoms. The van der Waals surface area contributed by atoms with Crippen molar-refractivity contribution in [2.45, 2.75) is 50.5 Å². The molecule has 1 aliphatic carbocycles. The van der Waals surface area contributed by atoms with Crippen LogP contribution in [0.5, 0.6) is 0 Å². The third-order valence-electron chi connectivity index (χ3n) is 5.90. The fourth-order valence-corrected chi connectivity index (χ4v) is 4.12. The van der Waals surface area contributed by atoms with E-state index in [1.165, 1.54) is 12.8 Å². The molecule has 2 saturated heterocycles. The van der Waals surface area contributed by atoms with Gasteiger partial charge in [0.05, 0.1) is 5.92 Å². The molecule has 5 rings (SSSR count). The normalized spacial score (nSPS) is 24.3. The zero-order chi connectivity index (χ0) is 18.2. The summed E-state index contributed by atoms with van der Waals surface area (Å²) in [5, 5.41) is 16.6. The SMILES string of the molecule is O=C(NC1CCOCC1)C1CCCN(c2ccc3nnc(C4CC4)n3n2)C1. The van der Waals surface area contributed by atoms with Gasteiger partial charge in [0, 0.05) is 38.3 Å². The number of nitrogens with zero attached hydrogens (tertiary/aromatic N) is 5. The fraction of sp³-hybridized carbons (Fsp3) is 0.684. The van der Waals surface area contributed by atoms with E-state index in [-0.39, 0.29) is 17.9 Å². The highest BCUT2D eigenvalue weighted by Gasteiger charge is 2.31. The van der Waals surface area contributed by atoms with Crippen LogP contribution in [-0.4, -0.2) is 58.1 Å². The highest BCUT2D eigenvalue weighted by Crippen LogP contribution is 2.38. The third kappa shape index (κ3) is 3.50. The molecule has 1 amide bonds. The van der Waals surface area contributed by atoms with Crippen molar-refractivity contribution >= 4 is 17.4 Å². The summed E-state index contributed by atoms with van der Waals surface area (Å²) in [7, 11) is 0. The van der Waals surface area contributed by atoms with Crippen LogP contribution in [0.3, 0.4) is 0 Å². The second kappa shape index (κ2) is 7.07. The van der Waals surface area contributed by atoms with Crippen LogP contribution in [0, 0.1) is 5.92 Å². The molecular formula is C19H26N6O2. The van der Waals surface area contributed by atoms with Crippen LogP contribution >= 0.6 is 0 Å². The molecule has 2 aromatic heterocycles. The van der Waals surface area contributed by atoms with Gasteiger partial charge in [-0.05, 0) is 50.7 Å². The van der Waals surface area contributed by atoms with Gasteiger partial charge in [-0.15, -0.1) is 15.3 Å². The number of aromatic nitrogens is 4. The summed E-state index contributed by atoms with van der Waals surface area (Å²) < 4.78 is 7.27. The minimum atomic E-state index is 0.0166. The molecule has 27 heavy (non-hydrogen) atoms. The quantitative estimate of drug-likeness (QED) is 0.878. The number of hydrogen-bond donors (Lipinski definition) is 1. The second-order valence-corrected chi connectivity index (χ2v) is 7.97. The lowest BCUT2D eigenvalue weighted by molar-refractivity contribution is -0.126. The smallest absolute Gasteiger partial charge is 0.225 e. The number of fused-ring (bicyclic) bond motifs is 1. The molecule has 0 radical (unpaired) electrons. The van der Waals surface area contributed by atoms with Crippen molar-refractivity contribution in [3.05, 3.63) is 18.0 Å². The number of hydrogen-bond acceptors (Lipinski definition) is 6. The third-order valence-corrected chi connectivity index (χ3v) is 5.90. The van der Waals surface area contributed by atoms with Gasteiger partial charge in [0.15, 0.2) is 11.5 Å². The lowest BCUT2D eigenvalue weighted by atomic mass is 9.96. The Labute approximate surface area is 158 Å². The summed E-state index contributed by atoms with van der Waals surface area (Å²) in [5.74, 6) is 2.58. The van der Waals surface area contributed by atoms with E-state index >= 15 is 0 Å². The minimum absolute atomic E-state index is 0.0166. The van der Waals surface area contributed by atoms with E-state index in [9.17, 15) is 4.79 Å². The van der Waals surface area contributed by atoms with Crippen molar-refractivity contribution in [3.8, 4) is 0 Å².